The fourth-order valence-electron chi connectivity index (χ4n) is 3.35. The molecule has 1 atom stereocenters. The van der Waals surface area contributed by atoms with Crippen molar-refractivity contribution >= 4 is 23.3 Å². The van der Waals surface area contributed by atoms with Gasteiger partial charge in [-0.05, 0) is 44.0 Å². The van der Waals surface area contributed by atoms with Crippen molar-refractivity contribution in [3.05, 3.63) is 65.0 Å². The van der Waals surface area contributed by atoms with Crippen molar-refractivity contribution in [2.45, 2.75) is 25.7 Å². The lowest BCUT2D eigenvalue weighted by Crippen LogP contribution is -2.41. The average Bonchev–Trinajstić information content (AvgIpc) is 3.20. The van der Waals surface area contributed by atoms with E-state index < -0.39 is 0 Å². The van der Waals surface area contributed by atoms with Gasteiger partial charge in [-0.2, -0.15) is 4.98 Å². The summed E-state index contributed by atoms with van der Waals surface area (Å²) in [6.07, 6.45) is 1.80. The second kappa shape index (κ2) is 8.02. The van der Waals surface area contributed by atoms with Crippen LogP contribution in [0.15, 0.2) is 53.1 Å². The van der Waals surface area contributed by atoms with E-state index in [0.717, 1.165) is 29.7 Å². The first-order valence-corrected chi connectivity index (χ1v) is 9.68. The van der Waals surface area contributed by atoms with E-state index in [1.54, 1.807) is 17.0 Å². The van der Waals surface area contributed by atoms with E-state index in [1.165, 1.54) is 0 Å². The molecule has 0 radical (unpaired) electrons. The Morgan fingerprint density at radius 3 is 2.86 bits per heavy atom. The van der Waals surface area contributed by atoms with Gasteiger partial charge in [0.2, 0.25) is 11.7 Å². The molecular formula is C21H21ClN4O2. The van der Waals surface area contributed by atoms with Gasteiger partial charge in [0.15, 0.2) is 0 Å². The van der Waals surface area contributed by atoms with Crippen LogP contribution in [-0.2, 0) is 0 Å². The lowest BCUT2D eigenvalue weighted by molar-refractivity contribution is 0.184. The molecule has 0 bridgehead atoms. The van der Waals surface area contributed by atoms with Crippen LogP contribution in [0.4, 0.5) is 10.5 Å². The molecule has 2 heterocycles. The zero-order valence-corrected chi connectivity index (χ0v) is 16.3. The molecule has 2 aromatic carbocycles. The Bertz CT molecular complexity index is 971. The highest BCUT2D eigenvalue weighted by atomic mass is 35.5. The fraction of sp³-hybridized carbons (Fsp3) is 0.286. The molecule has 0 aliphatic carbocycles. The highest BCUT2D eigenvalue weighted by Gasteiger charge is 2.28. The van der Waals surface area contributed by atoms with Gasteiger partial charge in [0.05, 0.1) is 5.92 Å². The minimum atomic E-state index is -0.108. The monoisotopic (exact) mass is 396 g/mol. The molecule has 144 valence electrons. The van der Waals surface area contributed by atoms with Gasteiger partial charge < -0.3 is 14.7 Å². The predicted octanol–water partition coefficient (Wildman–Crippen LogP) is 5.11. The molecular weight excluding hydrogens is 376 g/mol. The molecule has 7 heteroatoms. The van der Waals surface area contributed by atoms with Crippen molar-refractivity contribution in [3.63, 3.8) is 0 Å². The molecule has 1 aliphatic heterocycles. The Balaban J connectivity index is 1.43. The molecule has 1 aliphatic rings. The molecule has 1 aromatic heterocycles. The number of likely N-dealkylation sites (tertiary alicyclic amines) is 1. The summed E-state index contributed by atoms with van der Waals surface area (Å²) < 4.78 is 5.50. The van der Waals surface area contributed by atoms with E-state index in [9.17, 15) is 4.79 Å². The summed E-state index contributed by atoms with van der Waals surface area (Å²) in [5, 5.41) is 7.66. The zero-order valence-electron chi connectivity index (χ0n) is 15.6. The SMILES string of the molecule is Cc1ccc(NC(=O)N2CCC[C@@H](c3nc(-c4cccc(Cl)c4)no3)C2)cc1. The standard InChI is InChI=1S/C21H21ClN4O2/c1-14-7-9-18(10-8-14)23-21(27)26-11-3-5-16(13-26)20-24-19(25-28-20)15-4-2-6-17(22)12-15/h2,4,6-10,12,16H,3,5,11,13H2,1H3,(H,23,27)/t16-/m1/s1. The molecule has 0 saturated carbocycles. The van der Waals surface area contributed by atoms with Crippen LogP contribution in [-0.4, -0.2) is 34.2 Å². The van der Waals surface area contributed by atoms with Gasteiger partial charge in [-0.1, -0.05) is 46.6 Å². The van der Waals surface area contributed by atoms with Crippen LogP contribution in [0.2, 0.25) is 5.02 Å². The van der Waals surface area contributed by atoms with Gasteiger partial charge in [-0.15, -0.1) is 0 Å². The summed E-state index contributed by atoms with van der Waals surface area (Å²) in [5.41, 5.74) is 2.76. The number of urea groups is 1. The van der Waals surface area contributed by atoms with E-state index in [2.05, 4.69) is 15.5 Å². The first-order chi connectivity index (χ1) is 13.6. The summed E-state index contributed by atoms with van der Waals surface area (Å²) in [6, 6.07) is 15.0. The van der Waals surface area contributed by atoms with Crippen LogP contribution < -0.4 is 5.32 Å². The molecule has 1 N–H and O–H groups in total. The summed E-state index contributed by atoms with van der Waals surface area (Å²) in [5.74, 6) is 1.10. The number of anilines is 1. The highest BCUT2D eigenvalue weighted by molar-refractivity contribution is 6.30. The molecule has 4 rings (SSSR count). The van der Waals surface area contributed by atoms with E-state index in [-0.39, 0.29) is 11.9 Å². The van der Waals surface area contributed by atoms with E-state index in [1.807, 2.05) is 43.3 Å². The van der Waals surface area contributed by atoms with Gasteiger partial charge in [0.25, 0.3) is 0 Å². The maximum atomic E-state index is 12.6. The lowest BCUT2D eigenvalue weighted by atomic mass is 9.98. The summed E-state index contributed by atoms with van der Waals surface area (Å²) in [7, 11) is 0. The lowest BCUT2D eigenvalue weighted by Gasteiger charge is -2.31. The zero-order chi connectivity index (χ0) is 19.5. The van der Waals surface area contributed by atoms with Gasteiger partial charge in [0, 0.05) is 29.4 Å². The third-order valence-corrected chi connectivity index (χ3v) is 5.12. The first kappa shape index (κ1) is 18.5. The number of amides is 2. The van der Waals surface area contributed by atoms with Crippen LogP contribution in [0.5, 0.6) is 0 Å². The van der Waals surface area contributed by atoms with Crippen LogP contribution in [0.1, 0.15) is 30.2 Å². The first-order valence-electron chi connectivity index (χ1n) is 9.30. The number of aryl methyl sites for hydroxylation is 1. The van der Waals surface area contributed by atoms with E-state index in [0.29, 0.717) is 29.8 Å². The topological polar surface area (TPSA) is 71.3 Å². The number of piperidine rings is 1. The van der Waals surface area contributed by atoms with Crippen LogP contribution in [0.3, 0.4) is 0 Å². The molecule has 0 unspecified atom stereocenters. The largest absolute Gasteiger partial charge is 0.339 e. The minimum absolute atomic E-state index is 0.0259. The third-order valence-electron chi connectivity index (χ3n) is 4.89. The normalized spacial score (nSPS) is 16.8. The summed E-state index contributed by atoms with van der Waals surface area (Å²) >= 11 is 6.04. The molecule has 0 spiro atoms. The number of nitrogens with zero attached hydrogens (tertiary/aromatic N) is 3. The average molecular weight is 397 g/mol. The molecule has 3 aromatic rings. The number of carbonyl (C=O) groups is 1. The van der Waals surface area contributed by atoms with Crippen molar-refractivity contribution in [2.75, 3.05) is 18.4 Å². The Morgan fingerprint density at radius 1 is 1.25 bits per heavy atom. The second-order valence-electron chi connectivity index (χ2n) is 7.05. The maximum absolute atomic E-state index is 12.6. The van der Waals surface area contributed by atoms with E-state index >= 15 is 0 Å². The van der Waals surface area contributed by atoms with Crippen LogP contribution in [0, 0.1) is 6.92 Å². The number of nitrogens with one attached hydrogen (secondary N) is 1. The number of hydrogen-bond donors (Lipinski definition) is 1. The molecule has 1 saturated heterocycles. The maximum Gasteiger partial charge on any atom is 0.321 e. The van der Waals surface area contributed by atoms with E-state index in [4.69, 9.17) is 16.1 Å². The number of benzene rings is 2. The Hall–Kier alpha value is -2.86. The summed E-state index contributed by atoms with van der Waals surface area (Å²) in [4.78, 5) is 19.0. The smallest absolute Gasteiger partial charge is 0.321 e. The van der Waals surface area contributed by atoms with Crippen molar-refractivity contribution < 1.29 is 9.32 Å². The van der Waals surface area contributed by atoms with Crippen LogP contribution in [0.25, 0.3) is 11.4 Å². The predicted molar refractivity (Wildman–Crippen MR) is 108 cm³/mol. The number of aromatic nitrogens is 2. The number of carbonyl (C=O) groups excluding carboxylic acids is 1. The highest BCUT2D eigenvalue weighted by Crippen LogP contribution is 2.28. The van der Waals surface area contributed by atoms with Crippen molar-refractivity contribution in [1.82, 2.24) is 15.0 Å². The number of hydrogen-bond acceptors (Lipinski definition) is 4. The summed E-state index contributed by atoms with van der Waals surface area (Å²) in [6.45, 7) is 3.28. The van der Waals surface area contributed by atoms with Crippen LogP contribution >= 0.6 is 11.6 Å². The molecule has 6 nitrogen and oxygen atoms in total. The number of halogens is 1. The van der Waals surface area contributed by atoms with Gasteiger partial charge in [0.1, 0.15) is 0 Å². The van der Waals surface area contributed by atoms with Gasteiger partial charge in [-0.3, -0.25) is 0 Å². The Labute approximate surface area is 168 Å². The van der Waals surface area contributed by atoms with Crippen molar-refractivity contribution in [3.8, 4) is 11.4 Å². The van der Waals surface area contributed by atoms with Gasteiger partial charge in [-0.25, -0.2) is 4.79 Å². The Kier molecular flexibility index (Phi) is 5.30. The van der Waals surface area contributed by atoms with Crippen molar-refractivity contribution in [2.24, 2.45) is 0 Å². The fourth-order valence-corrected chi connectivity index (χ4v) is 3.54. The van der Waals surface area contributed by atoms with Gasteiger partial charge >= 0.3 is 6.03 Å². The molecule has 2 amide bonds. The second-order valence-corrected chi connectivity index (χ2v) is 7.48. The van der Waals surface area contributed by atoms with Crippen molar-refractivity contribution in [1.29, 1.82) is 0 Å². The number of rotatable bonds is 3. The minimum Gasteiger partial charge on any atom is -0.339 e. The molecule has 28 heavy (non-hydrogen) atoms. The Morgan fingerprint density at radius 2 is 2.07 bits per heavy atom. The third kappa shape index (κ3) is 4.17. The quantitative estimate of drug-likeness (QED) is 0.667. The molecule has 1 fully saturated rings.